The summed E-state index contributed by atoms with van der Waals surface area (Å²) in [6.45, 7) is 6.76. The van der Waals surface area contributed by atoms with Gasteiger partial charge in [0.15, 0.2) is 5.78 Å². The van der Waals surface area contributed by atoms with Gasteiger partial charge in [-0.05, 0) is 37.5 Å². The second-order valence-corrected chi connectivity index (χ2v) is 6.68. The van der Waals surface area contributed by atoms with Gasteiger partial charge in [-0.15, -0.1) is 0 Å². The number of hydrogen-bond donors (Lipinski definition) is 1. The van der Waals surface area contributed by atoms with Crippen LogP contribution in [0.5, 0.6) is 0 Å². The molecular weight excluding hydrogens is 333 g/mol. The van der Waals surface area contributed by atoms with Gasteiger partial charge in [-0.2, -0.15) is 0 Å². The zero-order chi connectivity index (χ0) is 18.6. The molecule has 0 unspecified atom stereocenters. The summed E-state index contributed by atoms with van der Waals surface area (Å²) in [5.41, 5.74) is 1.80. The van der Waals surface area contributed by atoms with Crippen molar-refractivity contribution in [2.45, 2.75) is 31.7 Å². The van der Waals surface area contributed by atoms with E-state index in [0.29, 0.717) is 24.7 Å². The molecule has 0 atom stereocenters. The Bertz CT molecular complexity index is 782. The van der Waals surface area contributed by atoms with Gasteiger partial charge < -0.3 is 10.1 Å². The molecule has 1 saturated heterocycles. The van der Waals surface area contributed by atoms with Crippen LogP contribution in [-0.2, 0) is 10.3 Å². The Labute approximate surface area is 152 Å². The van der Waals surface area contributed by atoms with E-state index in [0.717, 1.165) is 24.0 Å². The lowest BCUT2D eigenvalue weighted by Gasteiger charge is -2.38. The molecule has 6 heteroatoms. The van der Waals surface area contributed by atoms with E-state index in [2.05, 4.69) is 21.9 Å². The molecule has 1 aliphatic rings. The van der Waals surface area contributed by atoms with E-state index >= 15 is 0 Å². The Kier molecular flexibility index (Phi) is 5.42. The van der Waals surface area contributed by atoms with E-state index in [1.54, 1.807) is 12.1 Å². The highest BCUT2D eigenvalue weighted by Crippen LogP contribution is 2.35. The Morgan fingerprint density at radius 1 is 1.23 bits per heavy atom. The maximum atomic E-state index is 13.3. The third kappa shape index (κ3) is 4.14. The number of aromatic nitrogens is 2. The molecule has 136 valence electrons. The smallest absolute Gasteiger partial charge is 0.223 e. The normalized spacial score (nSPS) is 16.1. The van der Waals surface area contributed by atoms with Crippen LogP contribution in [0, 0.1) is 5.82 Å². The minimum absolute atomic E-state index is 0.0524. The first-order valence-corrected chi connectivity index (χ1v) is 8.60. The van der Waals surface area contributed by atoms with Crippen molar-refractivity contribution in [3.63, 3.8) is 0 Å². The number of ketones is 1. The molecule has 3 rings (SSSR count). The SMILES string of the molecule is C=C(C)CC(=O)c1cnc(NC2(c3ccc(F)cc3)CCOCC2)nc1. The summed E-state index contributed by atoms with van der Waals surface area (Å²) in [7, 11) is 0. The number of benzene rings is 1. The summed E-state index contributed by atoms with van der Waals surface area (Å²) >= 11 is 0. The van der Waals surface area contributed by atoms with Crippen LogP contribution >= 0.6 is 0 Å². The molecule has 0 amide bonds. The molecule has 26 heavy (non-hydrogen) atoms. The fourth-order valence-electron chi connectivity index (χ4n) is 3.10. The number of Topliss-reactive ketones (excluding diaryl/α,β-unsaturated/α-hetero) is 1. The Morgan fingerprint density at radius 3 is 2.42 bits per heavy atom. The van der Waals surface area contributed by atoms with Gasteiger partial charge in [0.2, 0.25) is 5.95 Å². The molecule has 1 N–H and O–H groups in total. The average Bonchev–Trinajstić information content (AvgIpc) is 2.63. The van der Waals surface area contributed by atoms with Crippen LogP contribution in [0.15, 0.2) is 48.8 Å². The van der Waals surface area contributed by atoms with Gasteiger partial charge >= 0.3 is 0 Å². The van der Waals surface area contributed by atoms with Gasteiger partial charge in [0.05, 0.1) is 11.1 Å². The first-order valence-electron chi connectivity index (χ1n) is 8.60. The van der Waals surface area contributed by atoms with Crippen LogP contribution in [0.2, 0.25) is 0 Å². The van der Waals surface area contributed by atoms with Crippen molar-refractivity contribution in [1.82, 2.24) is 9.97 Å². The van der Waals surface area contributed by atoms with Gasteiger partial charge in [-0.25, -0.2) is 14.4 Å². The maximum absolute atomic E-state index is 13.3. The van der Waals surface area contributed by atoms with E-state index < -0.39 is 5.54 Å². The van der Waals surface area contributed by atoms with Crippen LogP contribution < -0.4 is 5.32 Å². The topological polar surface area (TPSA) is 64.1 Å². The largest absolute Gasteiger partial charge is 0.381 e. The number of hydrogen-bond acceptors (Lipinski definition) is 5. The lowest BCUT2D eigenvalue weighted by Crippen LogP contribution is -2.41. The quantitative estimate of drug-likeness (QED) is 0.629. The fourth-order valence-corrected chi connectivity index (χ4v) is 3.10. The second kappa shape index (κ2) is 7.74. The first kappa shape index (κ1) is 18.2. The number of ether oxygens (including phenoxy) is 1. The summed E-state index contributed by atoms with van der Waals surface area (Å²) in [6, 6.07) is 6.46. The molecule has 0 aliphatic carbocycles. The standard InChI is InChI=1S/C20H22FN3O2/c1-14(2)11-18(25)15-12-22-19(23-13-15)24-20(7-9-26-10-8-20)16-3-5-17(21)6-4-16/h3-6,12-13H,1,7-11H2,2H3,(H,22,23,24). The predicted octanol–water partition coefficient (Wildman–Crippen LogP) is 3.88. The zero-order valence-electron chi connectivity index (χ0n) is 14.8. The Balaban J connectivity index is 1.82. The zero-order valence-corrected chi connectivity index (χ0v) is 14.8. The van der Waals surface area contributed by atoms with Crippen molar-refractivity contribution in [2.24, 2.45) is 0 Å². The first-order chi connectivity index (χ1) is 12.5. The van der Waals surface area contributed by atoms with Crippen molar-refractivity contribution in [3.8, 4) is 0 Å². The molecule has 0 saturated carbocycles. The summed E-state index contributed by atoms with van der Waals surface area (Å²) in [4.78, 5) is 20.7. The number of carbonyl (C=O) groups is 1. The van der Waals surface area contributed by atoms with Crippen LogP contribution in [0.3, 0.4) is 0 Å². The van der Waals surface area contributed by atoms with Crippen molar-refractivity contribution < 1.29 is 13.9 Å². The number of allylic oxidation sites excluding steroid dienone is 1. The minimum atomic E-state index is -0.421. The molecule has 0 bridgehead atoms. The molecule has 5 nitrogen and oxygen atoms in total. The van der Waals surface area contributed by atoms with Gasteiger partial charge in [0.25, 0.3) is 0 Å². The second-order valence-electron chi connectivity index (χ2n) is 6.68. The van der Waals surface area contributed by atoms with Gasteiger partial charge in [0.1, 0.15) is 5.82 Å². The van der Waals surface area contributed by atoms with Crippen molar-refractivity contribution in [3.05, 3.63) is 65.8 Å². The highest BCUT2D eigenvalue weighted by molar-refractivity contribution is 5.96. The number of anilines is 1. The van der Waals surface area contributed by atoms with E-state index in [9.17, 15) is 9.18 Å². The number of halogens is 1. The highest BCUT2D eigenvalue weighted by Gasteiger charge is 2.35. The third-order valence-corrected chi connectivity index (χ3v) is 4.53. The molecular formula is C20H22FN3O2. The Morgan fingerprint density at radius 2 is 1.85 bits per heavy atom. The summed E-state index contributed by atoms with van der Waals surface area (Å²) in [5.74, 6) is 0.110. The van der Waals surface area contributed by atoms with Crippen LogP contribution in [0.4, 0.5) is 10.3 Å². The van der Waals surface area contributed by atoms with E-state index in [1.165, 1.54) is 24.5 Å². The van der Waals surface area contributed by atoms with Crippen LogP contribution in [0.1, 0.15) is 42.1 Å². The maximum Gasteiger partial charge on any atom is 0.223 e. The molecule has 1 aromatic heterocycles. The highest BCUT2D eigenvalue weighted by atomic mass is 19.1. The van der Waals surface area contributed by atoms with Gasteiger partial charge in [-0.3, -0.25) is 4.79 Å². The van der Waals surface area contributed by atoms with E-state index in [1.807, 2.05) is 6.92 Å². The van der Waals surface area contributed by atoms with Gasteiger partial charge in [-0.1, -0.05) is 24.3 Å². The average molecular weight is 355 g/mol. The molecule has 0 radical (unpaired) electrons. The number of nitrogens with zero attached hydrogens (tertiary/aromatic N) is 2. The van der Waals surface area contributed by atoms with E-state index in [4.69, 9.17) is 4.74 Å². The molecule has 0 spiro atoms. The lowest BCUT2D eigenvalue weighted by molar-refractivity contribution is 0.0591. The van der Waals surface area contributed by atoms with Crippen LogP contribution in [0.25, 0.3) is 0 Å². The molecule has 2 aromatic rings. The monoisotopic (exact) mass is 355 g/mol. The number of nitrogens with one attached hydrogen (secondary N) is 1. The summed E-state index contributed by atoms with van der Waals surface area (Å²) in [5, 5.41) is 3.38. The van der Waals surface area contributed by atoms with Crippen LogP contribution in [-0.4, -0.2) is 29.0 Å². The Hall–Kier alpha value is -2.60. The molecule has 1 aromatic carbocycles. The molecule has 1 aliphatic heterocycles. The minimum Gasteiger partial charge on any atom is -0.381 e. The van der Waals surface area contributed by atoms with Gasteiger partial charge in [0, 0.05) is 32.0 Å². The lowest BCUT2D eigenvalue weighted by atomic mass is 9.83. The van der Waals surface area contributed by atoms with E-state index in [-0.39, 0.29) is 18.0 Å². The number of carbonyl (C=O) groups excluding carboxylic acids is 1. The molecule has 2 heterocycles. The summed E-state index contributed by atoms with van der Waals surface area (Å²) < 4.78 is 18.8. The number of rotatable bonds is 6. The van der Waals surface area contributed by atoms with Crippen molar-refractivity contribution in [1.29, 1.82) is 0 Å². The summed E-state index contributed by atoms with van der Waals surface area (Å²) in [6.07, 6.45) is 4.78. The van der Waals surface area contributed by atoms with Crippen molar-refractivity contribution >= 4 is 11.7 Å². The predicted molar refractivity (Wildman–Crippen MR) is 97.5 cm³/mol. The van der Waals surface area contributed by atoms with Crippen molar-refractivity contribution in [2.75, 3.05) is 18.5 Å². The fraction of sp³-hybridized carbons (Fsp3) is 0.350. The third-order valence-electron chi connectivity index (χ3n) is 4.53. The molecule has 1 fully saturated rings.